The Hall–Kier alpha value is -3.82. The lowest BCUT2D eigenvalue weighted by molar-refractivity contribution is -0.119. The fourth-order valence-corrected chi connectivity index (χ4v) is 5.96. The van der Waals surface area contributed by atoms with E-state index in [4.69, 9.17) is 0 Å². The molecule has 9 heteroatoms. The molecule has 7 nitrogen and oxygen atoms in total. The molecule has 1 amide bonds. The molecular weight excluding hydrogens is 516 g/mol. The van der Waals surface area contributed by atoms with Crippen LogP contribution in [0.25, 0.3) is 5.69 Å². The Morgan fingerprint density at radius 3 is 2.26 bits per heavy atom. The number of nitrogens with zero attached hydrogens (tertiary/aromatic N) is 3. The molecule has 0 aliphatic rings. The van der Waals surface area contributed by atoms with Crippen molar-refractivity contribution in [2.75, 3.05) is 17.1 Å². The number of para-hydroxylation sites is 1. The molecule has 0 spiro atoms. The molecule has 0 bridgehead atoms. The van der Waals surface area contributed by atoms with E-state index in [2.05, 4.69) is 15.1 Å². The largest absolute Gasteiger partial charge is 0.318 e. The summed E-state index contributed by atoms with van der Waals surface area (Å²) < 4.78 is 30.3. The normalized spacial score (nSPS) is 11.6. The lowest BCUT2D eigenvalue weighted by Gasteiger charge is -2.24. The predicted molar refractivity (Wildman–Crippen MR) is 155 cm³/mol. The summed E-state index contributed by atoms with van der Waals surface area (Å²) in [7, 11) is -4.00. The molecule has 0 aliphatic carbocycles. The number of aryl methyl sites for hydroxylation is 2. The fourth-order valence-electron chi connectivity index (χ4n) is 4.13. The van der Waals surface area contributed by atoms with E-state index in [1.807, 2.05) is 75.6 Å². The summed E-state index contributed by atoms with van der Waals surface area (Å²) in [6.45, 7) is 5.49. The third-order valence-electron chi connectivity index (χ3n) is 6.13. The molecule has 0 atom stereocenters. The third kappa shape index (κ3) is 6.00. The molecule has 1 N–H and O–H groups in total. The maximum absolute atomic E-state index is 13.6. The number of carbonyl (C=O) groups excluding carboxylic acids is 1. The molecule has 0 fully saturated rings. The van der Waals surface area contributed by atoms with Crippen molar-refractivity contribution in [3.05, 3.63) is 107 Å². The number of hydrogen-bond acceptors (Lipinski definition) is 5. The first-order valence-corrected chi connectivity index (χ1v) is 14.7. The van der Waals surface area contributed by atoms with Crippen molar-refractivity contribution in [3.63, 3.8) is 0 Å². The zero-order valence-corrected chi connectivity index (χ0v) is 23.4. The SMILES string of the molecule is CSc1ccc(S(=O)(=O)N(CC(=O)N/N=C/c2cc(C)n(-c3ccccc3)c2C)c2ccc(C)cc2)cc1. The highest BCUT2D eigenvalue weighted by Gasteiger charge is 2.27. The van der Waals surface area contributed by atoms with E-state index in [1.165, 1.54) is 11.8 Å². The molecule has 0 saturated carbocycles. The van der Waals surface area contributed by atoms with Crippen molar-refractivity contribution in [2.24, 2.45) is 5.10 Å². The lowest BCUT2D eigenvalue weighted by atomic mass is 10.2. The van der Waals surface area contributed by atoms with Gasteiger partial charge in [-0.25, -0.2) is 13.8 Å². The van der Waals surface area contributed by atoms with Crippen molar-refractivity contribution in [3.8, 4) is 5.69 Å². The van der Waals surface area contributed by atoms with Gasteiger partial charge in [-0.15, -0.1) is 11.8 Å². The van der Waals surface area contributed by atoms with Crippen LogP contribution in [0, 0.1) is 20.8 Å². The van der Waals surface area contributed by atoms with Crippen molar-refractivity contribution in [1.29, 1.82) is 0 Å². The summed E-state index contributed by atoms with van der Waals surface area (Å²) >= 11 is 1.52. The minimum absolute atomic E-state index is 0.112. The Morgan fingerprint density at radius 2 is 1.63 bits per heavy atom. The Balaban J connectivity index is 1.55. The average Bonchev–Trinajstić information content (AvgIpc) is 3.20. The van der Waals surface area contributed by atoms with Gasteiger partial charge in [0.15, 0.2) is 0 Å². The number of anilines is 1. The van der Waals surface area contributed by atoms with Crippen LogP contribution in [0.2, 0.25) is 0 Å². The van der Waals surface area contributed by atoms with E-state index in [1.54, 1.807) is 42.6 Å². The van der Waals surface area contributed by atoms with Gasteiger partial charge in [0.2, 0.25) is 0 Å². The van der Waals surface area contributed by atoms with E-state index in [-0.39, 0.29) is 4.90 Å². The number of nitrogens with one attached hydrogen (secondary N) is 1. The van der Waals surface area contributed by atoms with E-state index in [0.717, 1.165) is 37.4 Å². The zero-order chi connectivity index (χ0) is 27.3. The second kappa shape index (κ2) is 11.7. The van der Waals surface area contributed by atoms with Crippen LogP contribution in [-0.2, 0) is 14.8 Å². The summed E-state index contributed by atoms with van der Waals surface area (Å²) in [6.07, 6.45) is 3.50. The molecule has 0 unspecified atom stereocenters. The van der Waals surface area contributed by atoms with E-state index in [0.29, 0.717) is 5.69 Å². The number of hydrogen-bond donors (Lipinski definition) is 1. The van der Waals surface area contributed by atoms with Crippen molar-refractivity contribution in [2.45, 2.75) is 30.6 Å². The van der Waals surface area contributed by atoms with E-state index < -0.39 is 22.5 Å². The Kier molecular flexibility index (Phi) is 8.38. The fraction of sp³-hybridized carbons (Fsp3) is 0.172. The molecule has 3 aromatic carbocycles. The molecule has 1 aromatic heterocycles. The number of aromatic nitrogens is 1. The summed E-state index contributed by atoms with van der Waals surface area (Å²) in [5, 5.41) is 4.13. The minimum atomic E-state index is -4.00. The summed E-state index contributed by atoms with van der Waals surface area (Å²) in [5.41, 5.74) is 7.77. The van der Waals surface area contributed by atoms with Crippen LogP contribution in [0.3, 0.4) is 0 Å². The molecular formula is C29H30N4O3S2. The highest BCUT2D eigenvalue weighted by molar-refractivity contribution is 7.98. The molecule has 0 aliphatic heterocycles. The highest BCUT2D eigenvalue weighted by atomic mass is 32.2. The van der Waals surface area contributed by atoms with Gasteiger partial charge in [0.25, 0.3) is 15.9 Å². The number of thioether (sulfide) groups is 1. The monoisotopic (exact) mass is 546 g/mol. The lowest BCUT2D eigenvalue weighted by Crippen LogP contribution is -2.39. The van der Waals surface area contributed by atoms with Crippen LogP contribution < -0.4 is 9.73 Å². The summed E-state index contributed by atoms with van der Waals surface area (Å²) in [4.78, 5) is 14.0. The molecule has 196 valence electrons. The van der Waals surface area contributed by atoms with Crippen molar-refractivity contribution >= 4 is 39.6 Å². The Labute approximate surface area is 228 Å². The van der Waals surface area contributed by atoms with Gasteiger partial charge in [-0.05, 0) is 81.6 Å². The topological polar surface area (TPSA) is 83.8 Å². The smallest absolute Gasteiger partial charge is 0.264 e. The Morgan fingerprint density at radius 1 is 0.974 bits per heavy atom. The number of amides is 1. The number of hydrazone groups is 1. The first-order chi connectivity index (χ1) is 18.2. The van der Waals surface area contributed by atoms with Gasteiger partial charge in [-0.3, -0.25) is 9.10 Å². The first-order valence-electron chi connectivity index (χ1n) is 12.0. The summed E-state index contributed by atoms with van der Waals surface area (Å²) in [5.74, 6) is -0.553. The van der Waals surface area contributed by atoms with Crippen LogP contribution in [0.5, 0.6) is 0 Å². The van der Waals surface area contributed by atoms with Gasteiger partial charge in [0, 0.05) is 27.5 Å². The van der Waals surface area contributed by atoms with Crippen LogP contribution in [0.1, 0.15) is 22.5 Å². The highest BCUT2D eigenvalue weighted by Crippen LogP contribution is 2.26. The van der Waals surface area contributed by atoms with Crippen molar-refractivity contribution < 1.29 is 13.2 Å². The number of benzene rings is 3. The van der Waals surface area contributed by atoms with Gasteiger partial charge in [0.05, 0.1) is 16.8 Å². The molecule has 0 radical (unpaired) electrons. The average molecular weight is 547 g/mol. The third-order valence-corrected chi connectivity index (χ3v) is 8.67. The van der Waals surface area contributed by atoms with Crippen molar-refractivity contribution in [1.82, 2.24) is 9.99 Å². The van der Waals surface area contributed by atoms with E-state index >= 15 is 0 Å². The maximum atomic E-state index is 13.6. The van der Waals surface area contributed by atoms with E-state index in [9.17, 15) is 13.2 Å². The quantitative estimate of drug-likeness (QED) is 0.171. The van der Waals surface area contributed by atoms with Gasteiger partial charge in [-0.1, -0.05) is 35.9 Å². The van der Waals surface area contributed by atoms with Crippen LogP contribution in [-0.4, -0.2) is 37.9 Å². The molecule has 1 heterocycles. The molecule has 4 aromatic rings. The second-order valence-electron chi connectivity index (χ2n) is 8.81. The van der Waals surface area contributed by atoms with Crippen LogP contribution in [0.4, 0.5) is 5.69 Å². The first kappa shape index (κ1) is 27.2. The number of sulfonamides is 1. The zero-order valence-electron chi connectivity index (χ0n) is 21.8. The van der Waals surface area contributed by atoms with Crippen LogP contribution in [0.15, 0.2) is 99.8 Å². The van der Waals surface area contributed by atoms with Gasteiger partial charge in [-0.2, -0.15) is 5.10 Å². The minimum Gasteiger partial charge on any atom is -0.318 e. The Bertz CT molecular complexity index is 1540. The standard InChI is InChI=1S/C29H30N4O3S2/c1-21-10-12-25(13-11-21)32(38(35,36)28-16-14-27(37-4)15-17-28)20-29(34)31-30-19-24-18-22(2)33(23(24)3)26-8-6-5-7-9-26/h5-19H,20H2,1-4H3,(H,31,34)/b30-19+. The number of rotatable bonds is 9. The molecule has 0 saturated heterocycles. The number of carbonyl (C=O) groups is 1. The molecule has 38 heavy (non-hydrogen) atoms. The predicted octanol–water partition coefficient (Wildman–Crippen LogP) is 5.47. The summed E-state index contributed by atoms with van der Waals surface area (Å²) in [6, 6.07) is 25.6. The van der Waals surface area contributed by atoms with Crippen LogP contribution >= 0.6 is 11.8 Å². The maximum Gasteiger partial charge on any atom is 0.264 e. The van der Waals surface area contributed by atoms with Gasteiger partial charge in [0.1, 0.15) is 6.54 Å². The van der Waals surface area contributed by atoms with Gasteiger partial charge < -0.3 is 4.57 Å². The second-order valence-corrected chi connectivity index (χ2v) is 11.6. The molecule has 4 rings (SSSR count). The van der Waals surface area contributed by atoms with Gasteiger partial charge >= 0.3 is 0 Å².